The lowest BCUT2D eigenvalue weighted by molar-refractivity contribution is -0.116. The monoisotopic (exact) mass is 685 g/mol. The quantitative estimate of drug-likeness (QED) is 0.101. The summed E-state index contributed by atoms with van der Waals surface area (Å²) >= 11 is 20.4. The fourth-order valence-corrected chi connectivity index (χ4v) is 6.15. The van der Waals surface area contributed by atoms with Gasteiger partial charge in [-0.1, -0.05) is 108 Å². The third-order valence-electron chi connectivity index (χ3n) is 6.64. The molecule has 10 heteroatoms. The third kappa shape index (κ3) is 8.59. The fourth-order valence-electron chi connectivity index (χ4n) is 4.38. The molecular weight excluding hydrogens is 661 g/mol. The summed E-state index contributed by atoms with van der Waals surface area (Å²) in [5.41, 5.74) is 2.42. The van der Waals surface area contributed by atoms with Crippen molar-refractivity contribution in [1.29, 1.82) is 0 Å². The maximum Gasteiger partial charge on any atom is 0.272 e. The Morgan fingerprint density at radius 3 is 1.96 bits per heavy atom. The number of amides is 3. The SMILES string of the molecule is O=C(Nc1cccc(SC(C(=O)Nc2ccccc2Cl)c2ccccc2)c1)/C(=C\c1c(Cl)cccc1Cl)NC(=O)c1ccccc1. The minimum Gasteiger partial charge on any atom is -0.323 e. The molecule has 0 saturated carbocycles. The zero-order valence-corrected chi connectivity index (χ0v) is 27.1. The lowest BCUT2D eigenvalue weighted by Crippen LogP contribution is -2.30. The van der Waals surface area contributed by atoms with E-state index in [1.807, 2.05) is 36.4 Å². The van der Waals surface area contributed by atoms with E-state index in [-0.39, 0.29) is 11.6 Å². The first-order valence-electron chi connectivity index (χ1n) is 14.0. The van der Waals surface area contributed by atoms with Crippen molar-refractivity contribution in [2.24, 2.45) is 0 Å². The lowest BCUT2D eigenvalue weighted by atomic mass is 10.1. The standard InChI is InChI=1S/C36H26Cl3N3O3S/c37-28-18-10-19-29(38)27(28)22-32(42-34(43)24-13-5-2-6-14-24)35(44)40-25-15-9-16-26(21-25)46-33(23-11-3-1-4-12-23)36(45)41-31-20-8-7-17-30(31)39/h1-22,33H,(H,40,44)(H,41,45)(H,42,43)/b32-22+. The van der Waals surface area contributed by atoms with Gasteiger partial charge in [0, 0.05) is 31.8 Å². The normalized spacial score (nSPS) is 11.8. The molecule has 6 nitrogen and oxygen atoms in total. The first kappa shape index (κ1) is 32.9. The van der Waals surface area contributed by atoms with Crippen LogP contribution >= 0.6 is 46.6 Å². The lowest BCUT2D eigenvalue weighted by Gasteiger charge is -2.18. The van der Waals surface area contributed by atoms with Crippen LogP contribution in [0.15, 0.2) is 138 Å². The van der Waals surface area contributed by atoms with Crippen molar-refractivity contribution in [2.45, 2.75) is 10.1 Å². The Morgan fingerprint density at radius 1 is 0.652 bits per heavy atom. The highest BCUT2D eigenvalue weighted by atomic mass is 35.5. The van der Waals surface area contributed by atoms with Gasteiger partial charge in [-0.2, -0.15) is 0 Å². The van der Waals surface area contributed by atoms with E-state index in [0.717, 1.165) is 5.56 Å². The molecular formula is C36H26Cl3N3O3S. The molecule has 0 aliphatic heterocycles. The van der Waals surface area contributed by atoms with Crippen LogP contribution in [0.2, 0.25) is 15.1 Å². The highest BCUT2D eigenvalue weighted by Crippen LogP contribution is 2.38. The number of para-hydroxylation sites is 1. The van der Waals surface area contributed by atoms with Crippen LogP contribution < -0.4 is 16.0 Å². The Balaban J connectivity index is 1.40. The van der Waals surface area contributed by atoms with E-state index in [2.05, 4.69) is 16.0 Å². The van der Waals surface area contributed by atoms with Gasteiger partial charge in [-0.15, -0.1) is 11.8 Å². The summed E-state index contributed by atoms with van der Waals surface area (Å²) in [5.74, 6) is -1.34. The van der Waals surface area contributed by atoms with Crippen LogP contribution in [0.3, 0.4) is 0 Å². The van der Waals surface area contributed by atoms with Gasteiger partial charge in [0.25, 0.3) is 11.8 Å². The minimum absolute atomic E-state index is 0.0665. The van der Waals surface area contributed by atoms with Crippen molar-refractivity contribution in [3.63, 3.8) is 0 Å². The van der Waals surface area contributed by atoms with Gasteiger partial charge in [0.2, 0.25) is 5.91 Å². The summed E-state index contributed by atoms with van der Waals surface area (Å²) in [7, 11) is 0. The molecule has 0 heterocycles. The summed E-state index contributed by atoms with van der Waals surface area (Å²) in [6.07, 6.45) is 1.43. The molecule has 0 bridgehead atoms. The summed E-state index contributed by atoms with van der Waals surface area (Å²) in [6.45, 7) is 0. The van der Waals surface area contributed by atoms with Crippen molar-refractivity contribution in [1.82, 2.24) is 5.32 Å². The molecule has 0 spiro atoms. The molecule has 1 unspecified atom stereocenters. The topological polar surface area (TPSA) is 87.3 Å². The predicted octanol–water partition coefficient (Wildman–Crippen LogP) is 9.53. The van der Waals surface area contributed by atoms with Crippen LogP contribution in [0, 0.1) is 0 Å². The average Bonchev–Trinajstić information content (AvgIpc) is 3.06. The minimum atomic E-state index is -0.633. The zero-order chi connectivity index (χ0) is 32.5. The number of anilines is 2. The third-order valence-corrected chi connectivity index (χ3v) is 8.87. The number of halogens is 3. The largest absolute Gasteiger partial charge is 0.323 e. The highest BCUT2D eigenvalue weighted by molar-refractivity contribution is 8.00. The van der Waals surface area contributed by atoms with Crippen LogP contribution in [-0.4, -0.2) is 17.7 Å². The van der Waals surface area contributed by atoms with Gasteiger partial charge in [0.15, 0.2) is 0 Å². The van der Waals surface area contributed by atoms with E-state index in [4.69, 9.17) is 34.8 Å². The van der Waals surface area contributed by atoms with Gasteiger partial charge in [-0.25, -0.2) is 0 Å². The van der Waals surface area contributed by atoms with Gasteiger partial charge in [-0.3, -0.25) is 14.4 Å². The van der Waals surface area contributed by atoms with Crippen LogP contribution in [0.4, 0.5) is 11.4 Å². The van der Waals surface area contributed by atoms with E-state index < -0.39 is 17.1 Å². The van der Waals surface area contributed by atoms with Crippen molar-refractivity contribution < 1.29 is 14.4 Å². The summed E-state index contributed by atoms with van der Waals surface area (Å²) < 4.78 is 0. The van der Waals surface area contributed by atoms with Crippen molar-refractivity contribution in [2.75, 3.05) is 10.6 Å². The maximum absolute atomic E-state index is 13.6. The smallest absolute Gasteiger partial charge is 0.272 e. The summed E-state index contributed by atoms with van der Waals surface area (Å²) in [4.78, 5) is 40.9. The van der Waals surface area contributed by atoms with Crippen molar-refractivity contribution in [3.05, 3.63) is 165 Å². The number of nitrogens with one attached hydrogen (secondary N) is 3. The molecule has 5 aromatic carbocycles. The number of hydrogen-bond donors (Lipinski definition) is 3. The second kappa shape index (κ2) is 15.7. The van der Waals surface area contributed by atoms with E-state index in [0.29, 0.717) is 42.5 Å². The average molecular weight is 687 g/mol. The molecule has 0 aromatic heterocycles. The van der Waals surface area contributed by atoms with Crippen LogP contribution in [0.1, 0.15) is 26.7 Å². The molecule has 230 valence electrons. The Hall–Kier alpha value is -4.53. The molecule has 0 fully saturated rings. The second-order valence-electron chi connectivity index (χ2n) is 9.87. The number of carbonyl (C=O) groups is 3. The number of benzene rings is 5. The van der Waals surface area contributed by atoms with Gasteiger partial charge in [-0.05, 0) is 66.2 Å². The molecule has 0 saturated heterocycles. The molecule has 3 amide bonds. The number of hydrogen-bond acceptors (Lipinski definition) is 4. The second-order valence-corrected chi connectivity index (χ2v) is 12.3. The van der Waals surface area contributed by atoms with Crippen molar-refractivity contribution in [3.8, 4) is 0 Å². The molecule has 0 aliphatic carbocycles. The zero-order valence-electron chi connectivity index (χ0n) is 24.0. The predicted molar refractivity (Wildman–Crippen MR) is 189 cm³/mol. The van der Waals surface area contributed by atoms with Gasteiger partial charge < -0.3 is 16.0 Å². The maximum atomic E-state index is 13.6. The summed E-state index contributed by atoms with van der Waals surface area (Å²) in [5, 5.41) is 8.88. The Kier molecular flexibility index (Phi) is 11.2. The van der Waals surface area contributed by atoms with Crippen LogP contribution in [0.5, 0.6) is 0 Å². The first-order valence-corrected chi connectivity index (χ1v) is 16.0. The molecule has 5 rings (SSSR count). The first-order chi connectivity index (χ1) is 22.3. The number of rotatable bonds is 10. The fraction of sp³-hybridized carbons (Fsp3) is 0.0278. The van der Waals surface area contributed by atoms with E-state index in [1.165, 1.54) is 17.8 Å². The Morgan fingerprint density at radius 2 is 1.26 bits per heavy atom. The Bertz CT molecular complexity index is 1880. The Labute approximate surface area is 285 Å². The molecule has 1 atom stereocenters. The van der Waals surface area contributed by atoms with E-state index >= 15 is 0 Å². The van der Waals surface area contributed by atoms with E-state index in [9.17, 15) is 14.4 Å². The molecule has 0 aliphatic rings. The van der Waals surface area contributed by atoms with Gasteiger partial charge >= 0.3 is 0 Å². The molecule has 5 aromatic rings. The molecule has 46 heavy (non-hydrogen) atoms. The number of thioether (sulfide) groups is 1. The van der Waals surface area contributed by atoms with Gasteiger partial charge in [0.1, 0.15) is 10.9 Å². The van der Waals surface area contributed by atoms with Crippen molar-refractivity contribution >= 4 is 81.7 Å². The van der Waals surface area contributed by atoms with Crippen LogP contribution in [-0.2, 0) is 9.59 Å². The summed E-state index contributed by atoms with van der Waals surface area (Å²) in [6, 6.07) is 36.9. The molecule has 3 N–H and O–H groups in total. The molecule has 0 radical (unpaired) electrons. The number of carbonyl (C=O) groups excluding carboxylic acids is 3. The van der Waals surface area contributed by atoms with E-state index in [1.54, 1.807) is 91.0 Å². The van der Waals surface area contributed by atoms with Crippen LogP contribution in [0.25, 0.3) is 6.08 Å². The van der Waals surface area contributed by atoms with Gasteiger partial charge in [0.05, 0.1) is 10.7 Å². The highest BCUT2D eigenvalue weighted by Gasteiger charge is 2.23.